The average molecular weight is 249 g/mol. The minimum absolute atomic E-state index is 0.333. The molecule has 3 nitrogen and oxygen atoms in total. The van der Waals surface area contributed by atoms with Gasteiger partial charge in [-0.1, -0.05) is 20.8 Å². The Morgan fingerprint density at radius 3 is 2.50 bits per heavy atom. The Morgan fingerprint density at radius 2 is 1.94 bits per heavy atom. The number of nitrogens with one attached hydrogen (secondary N) is 1. The molecule has 1 aromatic heterocycles. The van der Waals surface area contributed by atoms with Gasteiger partial charge in [0.2, 0.25) is 0 Å². The highest BCUT2D eigenvalue weighted by molar-refractivity contribution is 5.04. The summed E-state index contributed by atoms with van der Waals surface area (Å²) >= 11 is 0. The molecule has 1 aliphatic rings. The number of hydrogen-bond donors (Lipinski definition) is 1. The molecule has 18 heavy (non-hydrogen) atoms. The van der Waals surface area contributed by atoms with Gasteiger partial charge >= 0.3 is 0 Å². The van der Waals surface area contributed by atoms with E-state index in [9.17, 15) is 0 Å². The van der Waals surface area contributed by atoms with E-state index in [0.29, 0.717) is 11.5 Å². The van der Waals surface area contributed by atoms with Gasteiger partial charge in [0.25, 0.3) is 0 Å². The average Bonchev–Trinajstić information content (AvgIpc) is 2.75. The zero-order valence-electron chi connectivity index (χ0n) is 12.2. The van der Waals surface area contributed by atoms with Gasteiger partial charge in [-0.05, 0) is 44.6 Å². The SMILES string of the molecule is CNC1CCC(n2cncc2CC(C)(C)C)CC1. The molecule has 102 valence electrons. The van der Waals surface area contributed by atoms with Crippen LogP contribution in [0.25, 0.3) is 0 Å². The third kappa shape index (κ3) is 3.35. The molecule has 0 spiro atoms. The second-order valence-corrected chi connectivity index (χ2v) is 6.82. The van der Waals surface area contributed by atoms with Gasteiger partial charge in [0, 0.05) is 24.0 Å². The summed E-state index contributed by atoms with van der Waals surface area (Å²) in [6.45, 7) is 6.88. The molecule has 1 fully saturated rings. The van der Waals surface area contributed by atoms with E-state index in [1.807, 2.05) is 6.33 Å². The minimum atomic E-state index is 0.333. The molecule has 1 N–H and O–H groups in total. The summed E-state index contributed by atoms with van der Waals surface area (Å²) in [6.07, 6.45) is 10.3. The molecule has 2 rings (SSSR count). The van der Waals surface area contributed by atoms with Crippen molar-refractivity contribution in [1.82, 2.24) is 14.9 Å². The first-order chi connectivity index (χ1) is 8.49. The number of hydrogen-bond acceptors (Lipinski definition) is 2. The van der Waals surface area contributed by atoms with Crippen LogP contribution in [0.1, 0.15) is 58.2 Å². The Labute approximate surface area is 111 Å². The van der Waals surface area contributed by atoms with E-state index < -0.39 is 0 Å². The van der Waals surface area contributed by atoms with E-state index in [1.54, 1.807) is 0 Å². The Bertz CT molecular complexity index is 367. The molecule has 0 aromatic carbocycles. The third-order valence-corrected chi connectivity index (χ3v) is 3.96. The van der Waals surface area contributed by atoms with Crippen molar-refractivity contribution in [2.24, 2.45) is 5.41 Å². The molecular formula is C15H27N3. The minimum Gasteiger partial charge on any atom is -0.332 e. The van der Waals surface area contributed by atoms with Gasteiger partial charge in [0.05, 0.1) is 6.33 Å². The van der Waals surface area contributed by atoms with Crippen molar-refractivity contribution in [1.29, 1.82) is 0 Å². The van der Waals surface area contributed by atoms with Crippen molar-refractivity contribution in [2.45, 2.75) is 65.0 Å². The second kappa shape index (κ2) is 5.43. The molecule has 0 aliphatic heterocycles. The Hall–Kier alpha value is -0.830. The van der Waals surface area contributed by atoms with Crippen molar-refractivity contribution >= 4 is 0 Å². The van der Waals surface area contributed by atoms with Gasteiger partial charge < -0.3 is 9.88 Å². The highest BCUT2D eigenvalue weighted by Crippen LogP contribution is 2.31. The maximum Gasteiger partial charge on any atom is 0.0950 e. The molecule has 0 radical (unpaired) electrons. The molecule has 1 aliphatic carbocycles. The van der Waals surface area contributed by atoms with Crippen LogP contribution in [0, 0.1) is 5.41 Å². The molecule has 1 saturated carbocycles. The molecule has 1 heterocycles. The Kier molecular flexibility index (Phi) is 4.10. The largest absolute Gasteiger partial charge is 0.332 e. The van der Waals surface area contributed by atoms with Crippen LogP contribution in [-0.4, -0.2) is 22.6 Å². The molecule has 3 heteroatoms. The predicted molar refractivity (Wildman–Crippen MR) is 75.7 cm³/mol. The quantitative estimate of drug-likeness (QED) is 0.891. The van der Waals surface area contributed by atoms with Gasteiger partial charge in [-0.2, -0.15) is 0 Å². The number of rotatable bonds is 3. The van der Waals surface area contributed by atoms with E-state index in [-0.39, 0.29) is 0 Å². The number of aromatic nitrogens is 2. The van der Waals surface area contributed by atoms with Crippen LogP contribution in [0.15, 0.2) is 12.5 Å². The first-order valence-electron chi connectivity index (χ1n) is 7.17. The summed E-state index contributed by atoms with van der Waals surface area (Å²) in [5, 5.41) is 3.40. The van der Waals surface area contributed by atoms with Gasteiger partial charge in [0.1, 0.15) is 0 Å². The summed E-state index contributed by atoms with van der Waals surface area (Å²) in [7, 11) is 2.08. The van der Waals surface area contributed by atoms with Crippen molar-refractivity contribution in [2.75, 3.05) is 7.05 Å². The van der Waals surface area contributed by atoms with Crippen molar-refractivity contribution < 1.29 is 0 Å². The van der Waals surface area contributed by atoms with Crippen LogP contribution in [0.5, 0.6) is 0 Å². The van der Waals surface area contributed by atoms with E-state index in [1.165, 1.54) is 31.4 Å². The summed E-state index contributed by atoms with van der Waals surface area (Å²) in [5.74, 6) is 0. The van der Waals surface area contributed by atoms with Crippen molar-refractivity contribution in [3.8, 4) is 0 Å². The monoisotopic (exact) mass is 249 g/mol. The third-order valence-electron chi connectivity index (χ3n) is 3.96. The van der Waals surface area contributed by atoms with E-state index in [0.717, 1.165) is 12.5 Å². The lowest BCUT2D eigenvalue weighted by atomic mass is 9.88. The fourth-order valence-corrected chi connectivity index (χ4v) is 2.98. The van der Waals surface area contributed by atoms with E-state index in [2.05, 4.69) is 48.9 Å². The lowest BCUT2D eigenvalue weighted by Gasteiger charge is -2.31. The predicted octanol–water partition coefficient (Wildman–Crippen LogP) is 3.17. The molecule has 0 bridgehead atoms. The molecular weight excluding hydrogens is 222 g/mol. The second-order valence-electron chi connectivity index (χ2n) is 6.82. The first-order valence-corrected chi connectivity index (χ1v) is 7.17. The Balaban J connectivity index is 2.04. The van der Waals surface area contributed by atoms with Crippen LogP contribution < -0.4 is 5.32 Å². The number of nitrogens with zero attached hydrogens (tertiary/aromatic N) is 2. The first kappa shape index (κ1) is 13.6. The van der Waals surface area contributed by atoms with Crippen LogP contribution in [0.3, 0.4) is 0 Å². The van der Waals surface area contributed by atoms with Crippen LogP contribution in [-0.2, 0) is 6.42 Å². The smallest absolute Gasteiger partial charge is 0.0950 e. The molecule has 0 saturated heterocycles. The summed E-state index contributed by atoms with van der Waals surface area (Å²) < 4.78 is 2.43. The topological polar surface area (TPSA) is 29.9 Å². The summed E-state index contributed by atoms with van der Waals surface area (Å²) in [4.78, 5) is 4.37. The van der Waals surface area contributed by atoms with Crippen molar-refractivity contribution in [3.05, 3.63) is 18.2 Å². The highest BCUT2D eigenvalue weighted by atomic mass is 15.1. The highest BCUT2D eigenvalue weighted by Gasteiger charge is 2.23. The lowest BCUT2D eigenvalue weighted by Crippen LogP contribution is -2.31. The molecule has 0 amide bonds. The van der Waals surface area contributed by atoms with Gasteiger partial charge in [-0.15, -0.1) is 0 Å². The van der Waals surface area contributed by atoms with Crippen LogP contribution >= 0.6 is 0 Å². The zero-order valence-corrected chi connectivity index (χ0v) is 12.2. The Morgan fingerprint density at radius 1 is 1.28 bits per heavy atom. The van der Waals surface area contributed by atoms with Gasteiger partial charge in [0.15, 0.2) is 0 Å². The van der Waals surface area contributed by atoms with Gasteiger partial charge in [-0.25, -0.2) is 4.98 Å². The molecule has 0 unspecified atom stereocenters. The van der Waals surface area contributed by atoms with Crippen LogP contribution in [0.2, 0.25) is 0 Å². The van der Waals surface area contributed by atoms with Crippen molar-refractivity contribution in [3.63, 3.8) is 0 Å². The van der Waals surface area contributed by atoms with E-state index >= 15 is 0 Å². The van der Waals surface area contributed by atoms with E-state index in [4.69, 9.17) is 0 Å². The summed E-state index contributed by atoms with van der Waals surface area (Å²) in [5.41, 5.74) is 1.73. The van der Waals surface area contributed by atoms with Gasteiger partial charge in [-0.3, -0.25) is 0 Å². The maximum absolute atomic E-state index is 4.37. The molecule has 0 atom stereocenters. The van der Waals surface area contributed by atoms with Crippen LogP contribution in [0.4, 0.5) is 0 Å². The normalized spacial score (nSPS) is 25.3. The zero-order chi connectivity index (χ0) is 13.2. The fourth-order valence-electron chi connectivity index (χ4n) is 2.98. The number of imidazole rings is 1. The fraction of sp³-hybridized carbons (Fsp3) is 0.800. The lowest BCUT2D eigenvalue weighted by molar-refractivity contribution is 0.289. The standard InChI is InChI=1S/C15H27N3/c1-15(2,3)9-14-10-17-11-18(14)13-7-5-12(16-4)6-8-13/h10-13,16H,5-9H2,1-4H3. The molecule has 1 aromatic rings. The summed E-state index contributed by atoms with van der Waals surface area (Å²) in [6, 6.07) is 1.38. The maximum atomic E-state index is 4.37.